The van der Waals surface area contributed by atoms with Crippen molar-refractivity contribution >= 4 is 35.1 Å². The number of esters is 1. The highest BCUT2D eigenvalue weighted by atomic mass is 35.5. The van der Waals surface area contributed by atoms with Crippen molar-refractivity contribution in [2.45, 2.75) is 26.8 Å². The molecule has 1 aliphatic rings. The maximum absolute atomic E-state index is 13.0. The molecule has 4 rings (SSSR count). The predicted octanol–water partition coefficient (Wildman–Crippen LogP) is 4.13. The minimum absolute atomic E-state index is 0.0686. The van der Waals surface area contributed by atoms with Crippen molar-refractivity contribution in [2.24, 2.45) is 0 Å². The molecular formula is C24H24ClN5O3. The molecule has 1 atom stereocenters. The summed E-state index contributed by atoms with van der Waals surface area (Å²) in [7, 11) is 0. The standard InChI is InChI=1S/C24H24ClN5O3/c1-4-33-23(32)21-16(3)29(13-20(31)28-19-12-8-11-18(25)15(19)2)24-26-14-27-30(24)22(21)17-9-6-5-7-10-17/h5-12,14,22H,4,13H2,1-3H3,(H,28,31). The first-order valence-electron chi connectivity index (χ1n) is 10.6. The number of ether oxygens (including phenoxy) is 1. The second-order valence-corrected chi connectivity index (χ2v) is 7.99. The molecule has 2 heterocycles. The van der Waals surface area contributed by atoms with Gasteiger partial charge in [0.2, 0.25) is 11.9 Å². The monoisotopic (exact) mass is 465 g/mol. The van der Waals surface area contributed by atoms with Crippen LogP contribution in [0.15, 0.2) is 66.1 Å². The molecule has 0 spiro atoms. The molecule has 0 fully saturated rings. The van der Waals surface area contributed by atoms with Gasteiger partial charge in [-0.15, -0.1) is 0 Å². The zero-order chi connectivity index (χ0) is 23.5. The van der Waals surface area contributed by atoms with Crippen molar-refractivity contribution in [3.63, 3.8) is 0 Å². The molecule has 8 nitrogen and oxygen atoms in total. The maximum atomic E-state index is 13.0. The molecule has 33 heavy (non-hydrogen) atoms. The molecule has 3 aromatic rings. The molecule has 1 aliphatic heterocycles. The van der Waals surface area contributed by atoms with Crippen molar-refractivity contribution in [1.29, 1.82) is 0 Å². The molecule has 1 N–H and O–H groups in total. The van der Waals surface area contributed by atoms with Crippen molar-refractivity contribution < 1.29 is 14.3 Å². The number of allylic oxidation sites excluding steroid dienone is 1. The second kappa shape index (κ2) is 9.46. The third-order valence-electron chi connectivity index (χ3n) is 5.56. The smallest absolute Gasteiger partial charge is 0.338 e. The minimum Gasteiger partial charge on any atom is -0.463 e. The first-order valence-corrected chi connectivity index (χ1v) is 10.9. The first-order chi connectivity index (χ1) is 15.9. The van der Waals surface area contributed by atoms with Gasteiger partial charge in [-0.1, -0.05) is 48.0 Å². The van der Waals surface area contributed by atoms with Gasteiger partial charge >= 0.3 is 5.97 Å². The van der Waals surface area contributed by atoms with E-state index in [1.165, 1.54) is 6.33 Å². The number of hydrogen-bond donors (Lipinski definition) is 1. The van der Waals surface area contributed by atoms with Crippen LogP contribution in [-0.4, -0.2) is 39.8 Å². The normalized spacial score (nSPS) is 15.3. The van der Waals surface area contributed by atoms with Crippen molar-refractivity contribution in [3.05, 3.63) is 82.3 Å². The summed E-state index contributed by atoms with van der Waals surface area (Å²) in [5.41, 5.74) is 3.26. The van der Waals surface area contributed by atoms with E-state index >= 15 is 0 Å². The molecular weight excluding hydrogens is 442 g/mol. The molecule has 1 aromatic heterocycles. The van der Waals surface area contributed by atoms with Crippen LogP contribution >= 0.6 is 11.6 Å². The maximum Gasteiger partial charge on any atom is 0.338 e. The topological polar surface area (TPSA) is 89.3 Å². The SMILES string of the molecule is CCOC(=O)C1=C(C)N(CC(=O)Nc2cccc(Cl)c2C)c2ncnn2C1c1ccccc1. The van der Waals surface area contributed by atoms with Crippen LogP contribution in [0, 0.1) is 6.92 Å². The molecule has 170 valence electrons. The van der Waals surface area contributed by atoms with Crippen molar-refractivity contribution in [1.82, 2.24) is 14.8 Å². The molecule has 0 aliphatic carbocycles. The number of fused-ring (bicyclic) bond motifs is 1. The second-order valence-electron chi connectivity index (χ2n) is 7.58. The van der Waals surface area contributed by atoms with Gasteiger partial charge in [-0.05, 0) is 44.0 Å². The third-order valence-corrected chi connectivity index (χ3v) is 5.97. The molecule has 2 aromatic carbocycles. The Morgan fingerprint density at radius 1 is 1.12 bits per heavy atom. The summed E-state index contributed by atoms with van der Waals surface area (Å²) in [6.07, 6.45) is 1.42. The van der Waals surface area contributed by atoms with Gasteiger partial charge in [0.05, 0.1) is 12.2 Å². The average Bonchev–Trinajstić information content (AvgIpc) is 3.28. The first kappa shape index (κ1) is 22.5. The lowest BCUT2D eigenvalue weighted by Crippen LogP contribution is -2.41. The van der Waals surface area contributed by atoms with Gasteiger partial charge in [-0.25, -0.2) is 9.48 Å². The van der Waals surface area contributed by atoms with Gasteiger partial charge in [0.25, 0.3) is 0 Å². The summed E-state index contributed by atoms with van der Waals surface area (Å²) < 4.78 is 7.02. The van der Waals surface area contributed by atoms with Gasteiger partial charge < -0.3 is 15.0 Å². The van der Waals surface area contributed by atoms with Gasteiger partial charge in [0.1, 0.15) is 18.9 Å². The van der Waals surface area contributed by atoms with Gasteiger partial charge in [-0.2, -0.15) is 10.1 Å². The van der Waals surface area contributed by atoms with E-state index in [2.05, 4.69) is 15.4 Å². The van der Waals surface area contributed by atoms with Crippen LogP contribution in [0.4, 0.5) is 11.6 Å². The van der Waals surface area contributed by atoms with Crippen LogP contribution in [0.5, 0.6) is 0 Å². The van der Waals surface area contributed by atoms with E-state index < -0.39 is 12.0 Å². The van der Waals surface area contributed by atoms with E-state index in [0.29, 0.717) is 27.9 Å². The number of aromatic nitrogens is 3. The Balaban J connectivity index is 1.72. The number of rotatable bonds is 6. The van der Waals surface area contributed by atoms with Crippen molar-refractivity contribution in [3.8, 4) is 0 Å². The van der Waals surface area contributed by atoms with Crippen LogP contribution in [0.2, 0.25) is 5.02 Å². The summed E-state index contributed by atoms with van der Waals surface area (Å²) in [6.45, 7) is 5.55. The number of benzene rings is 2. The quantitative estimate of drug-likeness (QED) is 0.551. The molecule has 0 saturated heterocycles. The van der Waals surface area contributed by atoms with E-state index in [1.807, 2.05) is 37.3 Å². The van der Waals surface area contributed by atoms with E-state index in [0.717, 1.165) is 11.1 Å². The Morgan fingerprint density at radius 3 is 2.61 bits per heavy atom. The molecule has 0 bridgehead atoms. The number of hydrogen-bond acceptors (Lipinski definition) is 6. The van der Waals surface area contributed by atoms with Gasteiger partial charge in [0.15, 0.2) is 0 Å². The average molecular weight is 466 g/mol. The summed E-state index contributed by atoms with van der Waals surface area (Å²) in [5, 5.41) is 7.84. The highest BCUT2D eigenvalue weighted by molar-refractivity contribution is 6.31. The Hall–Kier alpha value is -3.65. The lowest BCUT2D eigenvalue weighted by atomic mass is 9.95. The summed E-state index contributed by atoms with van der Waals surface area (Å²) in [4.78, 5) is 32.1. The Bertz CT molecular complexity index is 1220. The predicted molar refractivity (Wildman–Crippen MR) is 126 cm³/mol. The molecule has 1 amide bonds. The number of halogens is 1. The third kappa shape index (κ3) is 4.34. The molecule has 0 saturated carbocycles. The number of carbonyl (C=O) groups is 2. The lowest BCUT2D eigenvalue weighted by molar-refractivity contribution is -0.139. The summed E-state index contributed by atoms with van der Waals surface area (Å²) in [5.74, 6) is -0.274. The van der Waals surface area contributed by atoms with Crippen LogP contribution in [0.1, 0.15) is 31.0 Å². The highest BCUT2D eigenvalue weighted by Gasteiger charge is 2.38. The fourth-order valence-corrected chi connectivity index (χ4v) is 4.09. The fraction of sp³-hybridized carbons (Fsp3) is 0.250. The van der Waals surface area contributed by atoms with Gasteiger partial charge in [-0.3, -0.25) is 4.79 Å². The fourth-order valence-electron chi connectivity index (χ4n) is 3.91. The Kier molecular flexibility index (Phi) is 6.46. The molecule has 9 heteroatoms. The molecule has 1 unspecified atom stereocenters. The van der Waals surface area contributed by atoms with E-state index in [1.54, 1.807) is 41.6 Å². The molecule has 0 radical (unpaired) electrons. The highest BCUT2D eigenvalue weighted by Crippen LogP contribution is 2.38. The van der Waals surface area contributed by atoms with Crippen LogP contribution < -0.4 is 10.2 Å². The summed E-state index contributed by atoms with van der Waals surface area (Å²) in [6, 6.07) is 14.4. The Labute approximate surface area is 196 Å². The van der Waals surface area contributed by atoms with E-state index in [-0.39, 0.29) is 19.1 Å². The number of nitrogens with zero attached hydrogens (tertiary/aromatic N) is 4. The zero-order valence-electron chi connectivity index (χ0n) is 18.6. The number of nitrogens with one attached hydrogen (secondary N) is 1. The zero-order valence-corrected chi connectivity index (χ0v) is 19.3. The van der Waals surface area contributed by atoms with Crippen LogP contribution in [0.25, 0.3) is 0 Å². The van der Waals surface area contributed by atoms with E-state index in [4.69, 9.17) is 16.3 Å². The van der Waals surface area contributed by atoms with Gasteiger partial charge in [0, 0.05) is 16.4 Å². The minimum atomic E-state index is -0.516. The van der Waals surface area contributed by atoms with E-state index in [9.17, 15) is 9.59 Å². The number of carbonyl (C=O) groups excluding carboxylic acids is 2. The van der Waals surface area contributed by atoms with Crippen LogP contribution in [0.3, 0.4) is 0 Å². The largest absolute Gasteiger partial charge is 0.463 e. The Morgan fingerprint density at radius 2 is 1.88 bits per heavy atom. The van der Waals surface area contributed by atoms with Crippen molar-refractivity contribution in [2.75, 3.05) is 23.4 Å². The number of amides is 1. The number of anilines is 2. The summed E-state index contributed by atoms with van der Waals surface area (Å²) >= 11 is 6.18. The van der Waals surface area contributed by atoms with Crippen LogP contribution in [-0.2, 0) is 14.3 Å². The lowest BCUT2D eigenvalue weighted by Gasteiger charge is -2.35.